The van der Waals surface area contributed by atoms with Crippen LogP contribution in [0.2, 0.25) is 0 Å². The minimum Gasteiger partial charge on any atom is -0.399 e. The number of aromatic nitrogens is 3. The van der Waals surface area contributed by atoms with Gasteiger partial charge in [0.1, 0.15) is 30.3 Å². The molecule has 7 fully saturated rings. The van der Waals surface area contributed by atoms with Gasteiger partial charge in [0.25, 0.3) is 0 Å². The number of carbonyl (C=O) groups is 6. The molecule has 2 heterocycles. The monoisotopic (exact) mass is 1110 g/mol. The summed E-state index contributed by atoms with van der Waals surface area (Å²) in [4.78, 5) is 75.8. The number of fused-ring (bicyclic) bond motifs is 10. The van der Waals surface area contributed by atoms with Gasteiger partial charge in [0.2, 0.25) is 11.8 Å². The van der Waals surface area contributed by atoms with Crippen molar-refractivity contribution in [2.75, 3.05) is 5.73 Å². The molecule has 8 aliphatic carbocycles. The van der Waals surface area contributed by atoms with Gasteiger partial charge in [-0.2, -0.15) is 15.6 Å². The second kappa shape index (κ2) is 22.7. The van der Waals surface area contributed by atoms with Gasteiger partial charge in [-0.15, -0.1) is 0 Å². The van der Waals surface area contributed by atoms with E-state index in [1.54, 1.807) is 59.6 Å². The van der Waals surface area contributed by atoms with Gasteiger partial charge in [0, 0.05) is 46.6 Å². The molecule has 2 amide bonds. The van der Waals surface area contributed by atoms with Crippen molar-refractivity contribution < 1.29 is 28.8 Å². The van der Waals surface area contributed by atoms with Crippen LogP contribution in [0.1, 0.15) is 165 Å². The Bertz CT molecular complexity index is 3430. The van der Waals surface area contributed by atoms with Crippen molar-refractivity contribution in [2.24, 2.45) is 57.2 Å². The summed E-state index contributed by atoms with van der Waals surface area (Å²) in [5.41, 5.74) is 14.6. The van der Waals surface area contributed by atoms with Crippen LogP contribution in [0.3, 0.4) is 0 Å². The Hall–Kier alpha value is -7.90. The summed E-state index contributed by atoms with van der Waals surface area (Å²) in [5, 5.41) is 24.5. The lowest BCUT2D eigenvalue weighted by atomic mass is 9.47. The van der Waals surface area contributed by atoms with Crippen molar-refractivity contribution >= 4 is 40.6 Å². The Morgan fingerprint density at radius 1 is 0.699 bits per heavy atom. The first-order valence-corrected chi connectivity index (χ1v) is 29.8. The van der Waals surface area contributed by atoms with Crippen LogP contribution >= 0.6 is 0 Å². The first-order valence-electron chi connectivity index (χ1n) is 29.8. The number of nitrogens with one attached hydrogen (secondary N) is 1. The number of ketones is 4. The molecular weight excluding hydrogens is 1030 g/mol. The van der Waals surface area contributed by atoms with Crippen LogP contribution in [0, 0.1) is 79.8 Å². The molecule has 13 rings (SSSR count). The van der Waals surface area contributed by atoms with Gasteiger partial charge in [0.05, 0.1) is 28.7 Å². The fourth-order valence-electron chi connectivity index (χ4n) is 17.0. The maximum atomic E-state index is 12.4. The van der Waals surface area contributed by atoms with E-state index in [9.17, 15) is 28.8 Å². The van der Waals surface area contributed by atoms with Crippen molar-refractivity contribution in [1.29, 1.82) is 10.5 Å². The number of anilines is 1. The van der Waals surface area contributed by atoms with Crippen molar-refractivity contribution in [3.63, 3.8) is 0 Å². The highest BCUT2D eigenvalue weighted by Gasteiger charge is 2.61. The number of rotatable bonds is 5. The number of hydrogen-bond acceptors (Lipinski definition) is 11. The molecule has 428 valence electrons. The van der Waals surface area contributed by atoms with Crippen molar-refractivity contribution in [3.8, 4) is 12.1 Å². The van der Waals surface area contributed by atoms with E-state index in [-0.39, 0.29) is 51.1 Å². The second-order valence-corrected chi connectivity index (χ2v) is 25.8. The molecular formula is C70H77N7O6. The molecule has 1 aliphatic heterocycles. The number of allylic oxidation sites excluding steroid dienone is 9. The third-order valence-corrected chi connectivity index (χ3v) is 22.0. The number of amides is 2. The molecule has 4 aromatic rings. The molecule has 1 saturated heterocycles. The van der Waals surface area contributed by atoms with Crippen LogP contribution < -0.4 is 11.1 Å². The summed E-state index contributed by atoms with van der Waals surface area (Å²) < 4.78 is 1.75. The van der Waals surface area contributed by atoms with E-state index in [2.05, 4.69) is 74.8 Å². The first-order chi connectivity index (χ1) is 39.6. The first kappa shape index (κ1) is 58.3. The molecule has 13 nitrogen and oxygen atoms in total. The average molecular weight is 1110 g/mol. The molecule has 83 heavy (non-hydrogen) atoms. The van der Waals surface area contributed by atoms with Crippen LogP contribution in [0.4, 0.5) is 5.69 Å². The van der Waals surface area contributed by atoms with E-state index in [1.807, 2.05) is 55.5 Å². The van der Waals surface area contributed by atoms with Crippen LogP contribution in [0.5, 0.6) is 0 Å². The van der Waals surface area contributed by atoms with E-state index < -0.39 is 5.41 Å². The van der Waals surface area contributed by atoms with Gasteiger partial charge in [-0.05, 0) is 196 Å². The molecule has 6 saturated carbocycles. The lowest BCUT2D eigenvalue weighted by Crippen LogP contribution is -2.51. The molecule has 9 aliphatic rings. The van der Waals surface area contributed by atoms with Gasteiger partial charge in [-0.3, -0.25) is 34.1 Å². The van der Waals surface area contributed by atoms with Crippen molar-refractivity contribution in [1.82, 2.24) is 20.1 Å². The third kappa shape index (κ3) is 10.3. The van der Waals surface area contributed by atoms with E-state index in [1.165, 1.54) is 23.9 Å². The number of carbonyl (C=O) groups excluding carboxylic acids is 6. The minimum atomic E-state index is -0.582. The number of nitriles is 2. The molecule has 0 spiro atoms. The Morgan fingerprint density at radius 2 is 1.29 bits per heavy atom. The summed E-state index contributed by atoms with van der Waals surface area (Å²) in [7, 11) is 0. The number of imide groups is 1. The maximum Gasteiger partial charge on any atom is 0.237 e. The number of hydrogen-bond donors (Lipinski definition) is 2. The molecule has 0 radical (unpaired) electrons. The van der Waals surface area contributed by atoms with E-state index in [0.717, 1.165) is 92.0 Å². The molecule has 1 unspecified atom stereocenters. The van der Waals surface area contributed by atoms with Crippen molar-refractivity contribution in [2.45, 2.75) is 143 Å². The second-order valence-electron chi connectivity index (χ2n) is 25.8. The van der Waals surface area contributed by atoms with E-state index >= 15 is 0 Å². The Labute approximate surface area is 488 Å². The largest absolute Gasteiger partial charge is 0.399 e. The summed E-state index contributed by atoms with van der Waals surface area (Å²) in [6, 6.07) is 26.1. The van der Waals surface area contributed by atoms with Crippen LogP contribution in [-0.4, -0.2) is 49.7 Å². The SMILES string of the molecule is C=C1C[C@@H]2[C@H](CC[C@]3(C)C(=O)CC[C@@H]23)[C@@]2(C)C=CC(=O)C=C12.CC1=CC(=O)C=C2CC[C@@H]3[C@H](CC[C@]4(C)C(=O)CC[C@@H]34)[C@@]12C.CCC1(c2ccc(N)cc2)CCC(=O)NC1=O.N#Cc1ccc(C(c2ccc(C#N)cc2)n2cncn2)cc1. The fraction of sp³-hybridized carbons (Fsp3) is 0.457. The summed E-state index contributed by atoms with van der Waals surface area (Å²) in [5.74, 6) is 4.28. The fourth-order valence-corrected chi connectivity index (χ4v) is 17.0. The molecule has 13 heteroatoms. The highest BCUT2D eigenvalue weighted by Crippen LogP contribution is 2.66. The number of nitrogen functional groups attached to an aromatic ring is 1. The lowest BCUT2D eigenvalue weighted by Gasteiger charge is -2.57. The van der Waals surface area contributed by atoms with Gasteiger partial charge >= 0.3 is 0 Å². The smallest absolute Gasteiger partial charge is 0.237 e. The number of benzene rings is 3. The summed E-state index contributed by atoms with van der Waals surface area (Å²) in [6.07, 6.45) is 25.3. The average Bonchev–Trinajstić information content (AvgIpc) is 4.41. The lowest BCUT2D eigenvalue weighted by molar-refractivity contribution is -0.138. The predicted molar refractivity (Wildman–Crippen MR) is 317 cm³/mol. The van der Waals surface area contributed by atoms with Crippen LogP contribution in [-0.2, 0) is 34.2 Å². The minimum absolute atomic E-state index is 0.0547. The number of piperidine rings is 1. The zero-order chi connectivity index (χ0) is 59.2. The van der Waals surface area contributed by atoms with E-state index in [0.29, 0.717) is 83.2 Å². The Kier molecular flexibility index (Phi) is 15.9. The molecule has 3 aromatic carbocycles. The van der Waals surface area contributed by atoms with Gasteiger partial charge < -0.3 is 5.73 Å². The molecule has 1 aromatic heterocycles. The summed E-state index contributed by atoms with van der Waals surface area (Å²) in [6.45, 7) is 17.4. The number of nitrogens with two attached hydrogens (primary N) is 1. The Morgan fingerprint density at radius 3 is 1.84 bits per heavy atom. The standard InChI is InChI=1S/C20H24O2.C20H26O2.C17H11N5.C13H16N2O2/c1-12-10-14-15-4-5-18(22)20(15,3)9-7-16(14)19(2)8-6-13(21)11-17(12)19;1-12-10-14(21)11-13-4-5-15-16-6-7-18(22)19(16,2)9-8-17(15)20(12,13)3;18-9-13-1-5-15(6-2-13)17(22-12-20-11-21-22)16-7-3-14(10-19)4-8-16;1-2-13(8-7-11(16)15-12(13)17)9-3-5-10(14)6-4-9/h6,8,11,14-16H,1,4-5,7,9-10H2,2-3H3;10-11,15-17H,4-9H2,1-3H3;1-8,11-12,17H;3-6H,2,7-8,14H2,1H3,(H,15,16,17)/t14-,15-,16-,19+,20-;15-,16-,17-,19-,20-;;/m00../s1. The maximum absolute atomic E-state index is 12.4. The summed E-state index contributed by atoms with van der Waals surface area (Å²) >= 11 is 0. The highest BCUT2D eigenvalue weighted by atomic mass is 16.2. The number of nitrogens with zero attached hydrogens (tertiary/aromatic N) is 5. The normalized spacial score (nSPS) is 32.7. The quantitative estimate of drug-likeness (QED) is 0.141. The van der Waals surface area contributed by atoms with Crippen LogP contribution in [0.25, 0.3) is 0 Å². The molecule has 3 N–H and O–H groups in total. The molecule has 11 atom stereocenters. The number of Topliss-reactive ketones (excluding diaryl/α,β-unsaturated/α-hetero) is 2. The zero-order valence-corrected chi connectivity index (χ0v) is 48.9. The van der Waals surface area contributed by atoms with Gasteiger partial charge in [0.15, 0.2) is 11.6 Å². The van der Waals surface area contributed by atoms with Gasteiger partial charge in [-0.25, -0.2) is 9.67 Å². The predicted octanol–water partition coefficient (Wildman–Crippen LogP) is 12.3. The molecule has 0 bridgehead atoms. The van der Waals surface area contributed by atoms with E-state index in [4.69, 9.17) is 16.3 Å². The Balaban J connectivity index is 0.000000124. The van der Waals surface area contributed by atoms with Crippen LogP contribution in [0.15, 0.2) is 145 Å². The highest BCUT2D eigenvalue weighted by molar-refractivity contribution is 6.04. The van der Waals surface area contributed by atoms with Gasteiger partial charge in [-0.1, -0.05) is 100 Å². The van der Waals surface area contributed by atoms with Crippen molar-refractivity contribution in [3.05, 3.63) is 173 Å². The topological polar surface area (TPSA) is 219 Å². The third-order valence-electron chi connectivity index (χ3n) is 22.0. The zero-order valence-electron chi connectivity index (χ0n) is 48.9.